The van der Waals surface area contributed by atoms with Crippen molar-refractivity contribution in [1.82, 2.24) is 5.32 Å². The lowest BCUT2D eigenvalue weighted by atomic mass is 10.0. The van der Waals surface area contributed by atoms with Crippen LogP contribution in [0.15, 0.2) is 17.3 Å². The number of amidine groups is 1. The van der Waals surface area contributed by atoms with Crippen LogP contribution in [0.25, 0.3) is 0 Å². The normalized spacial score (nSPS) is 11.7. The molecular formula is C30H64N2O6. The fourth-order valence-corrected chi connectivity index (χ4v) is 2.67. The van der Waals surface area contributed by atoms with E-state index in [9.17, 15) is 4.79 Å². The molecule has 230 valence electrons. The van der Waals surface area contributed by atoms with E-state index < -0.39 is 5.79 Å². The minimum absolute atomic E-state index is 0.0676. The number of rotatable bonds is 13. The van der Waals surface area contributed by atoms with Gasteiger partial charge in [0.25, 0.3) is 0 Å². The van der Waals surface area contributed by atoms with Crippen LogP contribution in [0, 0.1) is 11.8 Å². The van der Waals surface area contributed by atoms with Crippen LogP contribution in [0.1, 0.15) is 121 Å². The van der Waals surface area contributed by atoms with Crippen molar-refractivity contribution in [2.24, 2.45) is 17.0 Å². The minimum Gasteiger partial charge on any atom is -0.409 e. The highest BCUT2D eigenvalue weighted by Crippen LogP contribution is 2.10. The maximum atomic E-state index is 11.3. The molecule has 0 aromatic heterocycles. The number of carbonyl (C=O) groups excluding carboxylic acids is 2. The highest BCUT2D eigenvalue weighted by atomic mass is 16.7. The van der Waals surface area contributed by atoms with Crippen LogP contribution in [-0.2, 0) is 23.8 Å². The van der Waals surface area contributed by atoms with Gasteiger partial charge in [-0.3, -0.25) is 4.79 Å². The molecule has 0 aliphatic carbocycles. The molecule has 1 unspecified atom stereocenters. The minimum atomic E-state index is -0.417. The van der Waals surface area contributed by atoms with Crippen molar-refractivity contribution >= 4 is 18.5 Å². The van der Waals surface area contributed by atoms with E-state index in [1.807, 2.05) is 34.5 Å². The maximum Gasteiger partial charge on any atom is 0.228 e. The summed E-state index contributed by atoms with van der Waals surface area (Å²) in [5.41, 5.74) is 0. The third-order valence-electron chi connectivity index (χ3n) is 6.01. The first-order valence-electron chi connectivity index (χ1n) is 14.0. The van der Waals surface area contributed by atoms with Crippen LogP contribution in [0.2, 0.25) is 0 Å². The van der Waals surface area contributed by atoms with Crippen LogP contribution >= 0.6 is 0 Å². The Bertz CT molecular complexity index is 517. The Morgan fingerprint density at radius 3 is 1.53 bits per heavy atom. The Hall–Kier alpha value is -1.77. The first-order chi connectivity index (χ1) is 18.0. The Morgan fingerprint density at radius 2 is 1.34 bits per heavy atom. The smallest absolute Gasteiger partial charge is 0.228 e. The SMILES string of the molecule is C/C=C\C(=N/O)NC(=O)C(C)CC.C=O.CCC(CC)CC.CCCC(CCC)OC.COC(C)(C)OC. The standard InChI is InChI=1S/C9H16N2O2.C8H18O.C7H16.C5H12O2.CH2O/c1-4-6-8(11-13)10-9(12)7(3)5-2;1-4-6-8(9-3)7-5-2;1-4-7(5-2)6-3;1-5(2,6-3)7-4;1-2/h4,6-7,13H,5H2,1-3H3,(H,10,11,12);8H,4-7H2,1-3H3;7H,4-6H2,1-3H3;1-4H3;1H2/b6-4-;;;;. The number of nitrogens with zero attached hydrogens (tertiary/aromatic N) is 1. The van der Waals surface area contributed by atoms with Gasteiger partial charge >= 0.3 is 0 Å². The van der Waals surface area contributed by atoms with Gasteiger partial charge in [-0.1, -0.05) is 91.8 Å². The van der Waals surface area contributed by atoms with Gasteiger partial charge in [0.1, 0.15) is 6.79 Å². The van der Waals surface area contributed by atoms with E-state index in [2.05, 4.69) is 45.1 Å². The maximum absolute atomic E-state index is 11.3. The number of hydrogen-bond donors (Lipinski definition) is 2. The molecule has 38 heavy (non-hydrogen) atoms. The predicted molar refractivity (Wildman–Crippen MR) is 162 cm³/mol. The molecule has 0 saturated carbocycles. The molecule has 0 spiro atoms. The summed E-state index contributed by atoms with van der Waals surface area (Å²) in [4.78, 5) is 19.3. The Labute approximate surface area is 236 Å². The van der Waals surface area contributed by atoms with E-state index in [1.54, 1.807) is 34.3 Å². The molecule has 0 heterocycles. The van der Waals surface area contributed by atoms with Gasteiger partial charge in [-0.05, 0) is 52.0 Å². The first kappa shape index (κ1) is 46.1. The summed E-state index contributed by atoms with van der Waals surface area (Å²) in [6, 6.07) is 0. The highest BCUT2D eigenvalue weighted by molar-refractivity contribution is 6.04. The molecule has 0 radical (unpaired) electrons. The molecular weight excluding hydrogens is 484 g/mol. The molecule has 0 saturated heterocycles. The zero-order valence-corrected chi connectivity index (χ0v) is 27.2. The van der Waals surface area contributed by atoms with Crippen LogP contribution in [0.5, 0.6) is 0 Å². The van der Waals surface area contributed by atoms with Crippen molar-refractivity contribution < 1.29 is 29.0 Å². The molecule has 8 nitrogen and oxygen atoms in total. The number of oxime groups is 1. The molecule has 8 heteroatoms. The van der Waals surface area contributed by atoms with Gasteiger partial charge in [-0.2, -0.15) is 0 Å². The average Bonchev–Trinajstić information content (AvgIpc) is 2.95. The van der Waals surface area contributed by atoms with E-state index in [1.165, 1.54) is 51.0 Å². The molecule has 2 N–H and O–H groups in total. The second-order valence-corrected chi connectivity index (χ2v) is 9.12. The fraction of sp³-hybridized carbons (Fsp3) is 0.833. The lowest BCUT2D eigenvalue weighted by molar-refractivity contribution is -0.178. The van der Waals surface area contributed by atoms with Gasteiger partial charge in [-0.25, -0.2) is 0 Å². The van der Waals surface area contributed by atoms with Gasteiger partial charge in [0.05, 0.1) is 6.10 Å². The molecule has 0 aromatic carbocycles. The summed E-state index contributed by atoms with van der Waals surface area (Å²) in [7, 11) is 5.03. The number of amides is 1. The predicted octanol–water partition coefficient (Wildman–Crippen LogP) is 7.78. The lowest BCUT2D eigenvalue weighted by Gasteiger charge is -2.19. The summed E-state index contributed by atoms with van der Waals surface area (Å²) >= 11 is 0. The molecule has 1 amide bonds. The monoisotopic (exact) mass is 548 g/mol. The van der Waals surface area contributed by atoms with Gasteiger partial charge in [0, 0.05) is 27.2 Å². The fourth-order valence-electron chi connectivity index (χ4n) is 2.67. The van der Waals surface area contributed by atoms with Crippen molar-refractivity contribution in [2.45, 2.75) is 132 Å². The second-order valence-electron chi connectivity index (χ2n) is 9.12. The quantitative estimate of drug-likeness (QED) is 0.0800. The van der Waals surface area contributed by atoms with Crippen LogP contribution in [-0.4, -0.2) is 57.0 Å². The molecule has 0 aliphatic rings. The number of hydrogen-bond acceptors (Lipinski definition) is 7. The van der Waals surface area contributed by atoms with Crippen molar-refractivity contribution in [3.63, 3.8) is 0 Å². The largest absolute Gasteiger partial charge is 0.409 e. The Morgan fingerprint density at radius 1 is 0.921 bits per heavy atom. The molecule has 0 rings (SSSR count). The van der Waals surface area contributed by atoms with E-state index in [4.69, 9.17) is 24.2 Å². The number of carbonyl (C=O) groups is 2. The first-order valence-corrected chi connectivity index (χ1v) is 14.0. The van der Waals surface area contributed by atoms with Crippen LogP contribution in [0.3, 0.4) is 0 Å². The highest BCUT2D eigenvalue weighted by Gasteiger charge is 2.12. The van der Waals surface area contributed by atoms with E-state index in [0.29, 0.717) is 6.10 Å². The summed E-state index contributed by atoms with van der Waals surface area (Å²) < 4.78 is 15.0. The molecule has 0 aromatic rings. The summed E-state index contributed by atoms with van der Waals surface area (Å²) in [5.74, 6) is 0.545. The molecule has 0 bridgehead atoms. The van der Waals surface area contributed by atoms with Crippen LogP contribution < -0.4 is 5.32 Å². The zero-order chi connectivity index (χ0) is 31.0. The lowest BCUT2D eigenvalue weighted by Crippen LogP contribution is -2.33. The summed E-state index contributed by atoms with van der Waals surface area (Å²) in [6.45, 7) is 22.4. The van der Waals surface area contributed by atoms with E-state index in [0.717, 1.165) is 12.3 Å². The number of nitrogens with one attached hydrogen (secondary N) is 1. The van der Waals surface area contributed by atoms with Crippen LogP contribution in [0.4, 0.5) is 0 Å². The van der Waals surface area contributed by atoms with Gasteiger partial charge in [0.15, 0.2) is 11.6 Å². The average molecular weight is 549 g/mol. The summed E-state index contributed by atoms with van der Waals surface area (Å²) in [6.07, 6.45) is 13.4. The molecule has 1 atom stereocenters. The number of allylic oxidation sites excluding steroid dienone is 1. The third-order valence-corrected chi connectivity index (χ3v) is 6.01. The second kappa shape index (κ2) is 35.2. The topological polar surface area (TPSA) is 106 Å². The van der Waals surface area contributed by atoms with Gasteiger partial charge in [-0.15, -0.1) is 0 Å². The van der Waals surface area contributed by atoms with Crippen molar-refractivity contribution in [1.29, 1.82) is 0 Å². The van der Waals surface area contributed by atoms with Gasteiger partial charge in [0.2, 0.25) is 5.91 Å². The molecule has 0 aliphatic heterocycles. The Balaban J connectivity index is -0.000000129. The van der Waals surface area contributed by atoms with Crippen molar-refractivity contribution in [2.75, 3.05) is 21.3 Å². The number of methoxy groups -OCH3 is 3. The Kier molecular flexibility index (Phi) is 42.7. The molecule has 0 fully saturated rings. The third kappa shape index (κ3) is 34.2. The van der Waals surface area contributed by atoms with Crippen molar-refractivity contribution in [3.05, 3.63) is 12.2 Å². The van der Waals surface area contributed by atoms with Gasteiger partial charge < -0.3 is 29.5 Å². The van der Waals surface area contributed by atoms with E-state index >= 15 is 0 Å². The zero-order valence-electron chi connectivity index (χ0n) is 27.2. The summed E-state index contributed by atoms with van der Waals surface area (Å²) in [5, 5.41) is 13.9. The van der Waals surface area contributed by atoms with Crippen molar-refractivity contribution in [3.8, 4) is 0 Å². The van der Waals surface area contributed by atoms with E-state index in [-0.39, 0.29) is 17.7 Å². The number of ether oxygens (including phenoxy) is 3.